The van der Waals surface area contributed by atoms with Gasteiger partial charge >= 0.3 is 0 Å². The van der Waals surface area contributed by atoms with Crippen LogP contribution in [0.15, 0.2) is 0 Å². The molecule has 82 valence electrons. The molecule has 1 rings (SSSR count). The van der Waals surface area contributed by atoms with Crippen LogP contribution in [0.5, 0.6) is 0 Å². The molecule has 2 atom stereocenters. The Morgan fingerprint density at radius 3 is 2.50 bits per heavy atom. The molecule has 1 fully saturated rings. The lowest BCUT2D eigenvalue weighted by molar-refractivity contribution is -0.126. The van der Waals surface area contributed by atoms with Crippen LogP contribution in [-0.2, 0) is 4.79 Å². The highest BCUT2D eigenvalue weighted by atomic mass is 19.3. The zero-order chi connectivity index (χ0) is 10.8. The molecule has 1 aliphatic carbocycles. The summed E-state index contributed by atoms with van der Waals surface area (Å²) in [6.07, 6.45) is 2.22. The normalized spacial score (nSPS) is 25.6. The summed E-state index contributed by atoms with van der Waals surface area (Å²) in [7, 11) is 0. The lowest BCUT2D eigenvalue weighted by Crippen LogP contribution is -2.34. The van der Waals surface area contributed by atoms with Crippen LogP contribution < -0.4 is 5.32 Å². The van der Waals surface area contributed by atoms with E-state index in [1.54, 1.807) is 0 Å². The van der Waals surface area contributed by atoms with Crippen LogP contribution >= 0.6 is 0 Å². The molecule has 1 saturated carbocycles. The minimum atomic E-state index is -2.65. The first kappa shape index (κ1) is 11.4. The summed E-state index contributed by atoms with van der Waals surface area (Å²) < 4.78 is 25.0. The predicted molar refractivity (Wildman–Crippen MR) is 50.2 cm³/mol. The Morgan fingerprint density at radius 1 is 1.57 bits per heavy atom. The molecule has 0 aliphatic heterocycles. The molecule has 0 heterocycles. The molecule has 0 aromatic carbocycles. The van der Waals surface area contributed by atoms with Crippen molar-refractivity contribution in [2.45, 2.75) is 51.5 Å². The Kier molecular flexibility index (Phi) is 3.45. The van der Waals surface area contributed by atoms with Gasteiger partial charge in [0.2, 0.25) is 5.91 Å². The molecule has 0 radical (unpaired) electrons. The van der Waals surface area contributed by atoms with Crippen LogP contribution in [0.1, 0.15) is 39.5 Å². The molecule has 0 aromatic rings. The highest BCUT2D eigenvalue weighted by Gasteiger charge is 2.58. The van der Waals surface area contributed by atoms with Crippen LogP contribution in [0.2, 0.25) is 0 Å². The third kappa shape index (κ3) is 2.66. The van der Waals surface area contributed by atoms with Crippen LogP contribution in [0, 0.1) is 5.92 Å². The van der Waals surface area contributed by atoms with Crippen molar-refractivity contribution in [1.29, 1.82) is 0 Å². The van der Waals surface area contributed by atoms with Gasteiger partial charge in [-0.2, -0.15) is 0 Å². The molecule has 1 amide bonds. The number of hydrogen-bond donors (Lipinski definition) is 1. The van der Waals surface area contributed by atoms with E-state index in [0.717, 1.165) is 19.3 Å². The fourth-order valence-electron chi connectivity index (χ4n) is 1.53. The summed E-state index contributed by atoms with van der Waals surface area (Å²) in [6, 6.07) is -0.902. The van der Waals surface area contributed by atoms with E-state index < -0.39 is 12.0 Å². The Balaban J connectivity index is 2.33. The lowest BCUT2D eigenvalue weighted by Gasteiger charge is -2.13. The van der Waals surface area contributed by atoms with Gasteiger partial charge in [0, 0.05) is 12.3 Å². The van der Waals surface area contributed by atoms with Gasteiger partial charge in [0.25, 0.3) is 5.92 Å². The molecule has 0 spiro atoms. The number of hydrogen-bond acceptors (Lipinski definition) is 1. The highest BCUT2D eigenvalue weighted by Crippen LogP contribution is 2.41. The van der Waals surface area contributed by atoms with E-state index in [2.05, 4.69) is 5.32 Å². The molecular weight excluding hydrogens is 188 g/mol. The third-order valence-corrected chi connectivity index (χ3v) is 2.64. The number of carbonyl (C=O) groups excluding carboxylic acids is 1. The minimum absolute atomic E-state index is 0.101. The Bertz CT molecular complexity index is 218. The zero-order valence-corrected chi connectivity index (χ0v) is 8.65. The van der Waals surface area contributed by atoms with E-state index in [1.165, 1.54) is 0 Å². The maximum absolute atomic E-state index is 12.5. The molecular formula is C10H17F2NO. The van der Waals surface area contributed by atoms with E-state index in [9.17, 15) is 13.6 Å². The van der Waals surface area contributed by atoms with Crippen molar-refractivity contribution >= 4 is 5.91 Å². The summed E-state index contributed by atoms with van der Waals surface area (Å²) in [5, 5.41) is 2.39. The largest absolute Gasteiger partial charge is 0.347 e. The average Bonchev–Trinajstić information content (AvgIpc) is 2.69. The fourth-order valence-corrected chi connectivity index (χ4v) is 1.53. The quantitative estimate of drug-likeness (QED) is 0.733. The maximum Gasteiger partial charge on any atom is 0.270 e. The monoisotopic (exact) mass is 205 g/mol. The van der Waals surface area contributed by atoms with Crippen LogP contribution in [-0.4, -0.2) is 17.9 Å². The van der Waals surface area contributed by atoms with Crippen molar-refractivity contribution in [1.82, 2.24) is 5.32 Å². The second kappa shape index (κ2) is 4.24. The first-order valence-corrected chi connectivity index (χ1v) is 5.19. The van der Waals surface area contributed by atoms with E-state index in [4.69, 9.17) is 0 Å². The molecule has 1 aliphatic rings. The smallest absolute Gasteiger partial charge is 0.270 e. The summed E-state index contributed by atoms with van der Waals surface area (Å²) in [6.45, 7) is 3.90. The van der Waals surface area contributed by atoms with E-state index in [0.29, 0.717) is 0 Å². The van der Waals surface area contributed by atoms with E-state index in [-0.39, 0.29) is 18.2 Å². The highest BCUT2D eigenvalue weighted by molar-refractivity contribution is 5.79. The summed E-state index contributed by atoms with van der Waals surface area (Å²) >= 11 is 0. The molecule has 1 N–H and O–H groups in total. The summed E-state index contributed by atoms with van der Waals surface area (Å²) in [4.78, 5) is 11.5. The SMILES string of the molecule is CCCC(CC)C(=O)NC1CC1(F)F. The Morgan fingerprint density at radius 2 is 2.14 bits per heavy atom. The molecule has 0 saturated heterocycles. The van der Waals surface area contributed by atoms with E-state index in [1.807, 2.05) is 13.8 Å². The Labute approximate surface area is 83.1 Å². The number of nitrogens with one attached hydrogen (secondary N) is 1. The number of alkyl halides is 2. The second-order valence-corrected chi connectivity index (χ2v) is 3.92. The number of rotatable bonds is 5. The number of carbonyl (C=O) groups is 1. The van der Waals surface area contributed by atoms with Crippen molar-refractivity contribution in [3.63, 3.8) is 0 Å². The third-order valence-electron chi connectivity index (χ3n) is 2.64. The van der Waals surface area contributed by atoms with E-state index >= 15 is 0 Å². The lowest BCUT2D eigenvalue weighted by atomic mass is 10.00. The van der Waals surface area contributed by atoms with Gasteiger partial charge in [-0.1, -0.05) is 20.3 Å². The second-order valence-electron chi connectivity index (χ2n) is 3.92. The topological polar surface area (TPSA) is 29.1 Å². The molecule has 14 heavy (non-hydrogen) atoms. The average molecular weight is 205 g/mol. The van der Waals surface area contributed by atoms with Gasteiger partial charge < -0.3 is 5.32 Å². The first-order valence-electron chi connectivity index (χ1n) is 5.19. The first-order chi connectivity index (χ1) is 6.51. The van der Waals surface area contributed by atoms with Gasteiger partial charge in [-0.15, -0.1) is 0 Å². The van der Waals surface area contributed by atoms with Crippen LogP contribution in [0.4, 0.5) is 8.78 Å². The maximum atomic E-state index is 12.5. The predicted octanol–water partition coefficient (Wildman–Crippen LogP) is 2.34. The van der Waals surface area contributed by atoms with Gasteiger partial charge in [-0.25, -0.2) is 8.78 Å². The molecule has 2 nitrogen and oxygen atoms in total. The van der Waals surface area contributed by atoms with Gasteiger partial charge in [0.05, 0.1) is 6.04 Å². The number of amides is 1. The van der Waals surface area contributed by atoms with Gasteiger partial charge in [0.15, 0.2) is 0 Å². The number of halogens is 2. The van der Waals surface area contributed by atoms with Gasteiger partial charge in [-0.05, 0) is 12.8 Å². The molecule has 0 aromatic heterocycles. The fraction of sp³-hybridized carbons (Fsp3) is 0.900. The summed E-state index contributed by atoms with van der Waals surface area (Å²) in [5.41, 5.74) is 0. The van der Waals surface area contributed by atoms with Crippen molar-refractivity contribution in [2.75, 3.05) is 0 Å². The van der Waals surface area contributed by atoms with Crippen molar-refractivity contribution in [3.05, 3.63) is 0 Å². The standard InChI is InChI=1S/C10H17F2NO/c1-3-5-7(4-2)9(14)13-8-6-10(8,11)12/h7-8H,3-6H2,1-2H3,(H,13,14). The van der Waals surface area contributed by atoms with Crippen molar-refractivity contribution < 1.29 is 13.6 Å². The molecule has 4 heteroatoms. The van der Waals surface area contributed by atoms with Gasteiger partial charge in [-0.3, -0.25) is 4.79 Å². The summed E-state index contributed by atoms with van der Waals surface area (Å²) in [5.74, 6) is -2.96. The zero-order valence-electron chi connectivity index (χ0n) is 8.65. The van der Waals surface area contributed by atoms with Crippen LogP contribution in [0.25, 0.3) is 0 Å². The minimum Gasteiger partial charge on any atom is -0.347 e. The Hall–Kier alpha value is -0.670. The van der Waals surface area contributed by atoms with Gasteiger partial charge in [0.1, 0.15) is 0 Å². The molecule has 0 bridgehead atoms. The van der Waals surface area contributed by atoms with Crippen molar-refractivity contribution in [3.8, 4) is 0 Å². The molecule has 2 unspecified atom stereocenters. The van der Waals surface area contributed by atoms with Crippen LogP contribution in [0.3, 0.4) is 0 Å². The van der Waals surface area contributed by atoms with Crippen molar-refractivity contribution in [2.24, 2.45) is 5.92 Å².